The molecule has 1 aromatic carbocycles. The first kappa shape index (κ1) is 20.2. The van der Waals surface area contributed by atoms with Crippen molar-refractivity contribution in [2.75, 3.05) is 32.5 Å². The first-order valence-corrected chi connectivity index (χ1v) is 10.9. The Bertz CT molecular complexity index is 625. The van der Waals surface area contributed by atoms with Gasteiger partial charge in [-0.25, -0.2) is 13.1 Å². The molecule has 1 fully saturated rings. The molecule has 0 amide bonds. The van der Waals surface area contributed by atoms with Gasteiger partial charge in [0.25, 0.3) is 0 Å². The predicted octanol–water partition coefficient (Wildman–Crippen LogP) is 3.19. The summed E-state index contributed by atoms with van der Waals surface area (Å²) < 4.78 is 33.1. The van der Waals surface area contributed by atoms with Crippen LogP contribution in [0.3, 0.4) is 0 Å². The number of rotatable bonds is 9. The SMILES string of the molecule is COc1ccccc1C(CNS(=O)(=O)CCC(C)C)N1CCCCC1. The molecule has 1 saturated heterocycles. The lowest BCUT2D eigenvalue weighted by atomic mass is 10.0. The van der Waals surface area contributed by atoms with Gasteiger partial charge in [0.1, 0.15) is 5.75 Å². The van der Waals surface area contributed by atoms with E-state index in [2.05, 4.69) is 9.62 Å². The molecule has 0 spiro atoms. The third kappa shape index (κ3) is 6.28. The van der Waals surface area contributed by atoms with Crippen molar-refractivity contribution in [3.63, 3.8) is 0 Å². The Morgan fingerprint density at radius 1 is 1.16 bits per heavy atom. The standard InChI is InChI=1S/C19H32N2O3S/c1-16(2)11-14-25(22,23)20-15-18(21-12-7-4-8-13-21)17-9-5-6-10-19(17)24-3/h5-6,9-10,16,18,20H,4,7-8,11-15H2,1-3H3. The Morgan fingerprint density at radius 2 is 1.84 bits per heavy atom. The van der Waals surface area contributed by atoms with E-state index in [-0.39, 0.29) is 11.8 Å². The Morgan fingerprint density at radius 3 is 2.48 bits per heavy atom. The lowest BCUT2D eigenvalue weighted by Gasteiger charge is -2.35. The lowest BCUT2D eigenvalue weighted by molar-refractivity contribution is 0.162. The number of likely N-dealkylation sites (tertiary alicyclic amines) is 1. The number of ether oxygens (including phenoxy) is 1. The molecule has 0 aliphatic carbocycles. The number of nitrogens with one attached hydrogen (secondary N) is 1. The Hall–Kier alpha value is -1.11. The van der Waals surface area contributed by atoms with E-state index in [4.69, 9.17) is 4.74 Å². The minimum absolute atomic E-state index is 0.00488. The summed E-state index contributed by atoms with van der Waals surface area (Å²) in [5.41, 5.74) is 1.05. The van der Waals surface area contributed by atoms with Gasteiger partial charge in [-0.1, -0.05) is 38.5 Å². The second-order valence-electron chi connectivity index (χ2n) is 7.20. The van der Waals surface area contributed by atoms with Crippen molar-refractivity contribution in [2.45, 2.75) is 45.6 Å². The van der Waals surface area contributed by atoms with Crippen molar-refractivity contribution in [3.05, 3.63) is 29.8 Å². The van der Waals surface area contributed by atoms with Crippen molar-refractivity contribution in [1.82, 2.24) is 9.62 Å². The molecular weight excluding hydrogens is 336 g/mol. The average Bonchev–Trinajstić information content (AvgIpc) is 2.61. The Kier molecular flexibility index (Phi) is 7.72. The van der Waals surface area contributed by atoms with Crippen molar-refractivity contribution < 1.29 is 13.2 Å². The van der Waals surface area contributed by atoms with E-state index in [9.17, 15) is 8.42 Å². The van der Waals surface area contributed by atoms with Crippen molar-refractivity contribution in [3.8, 4) is 5.75 Å². The van der Waals surface area contributed by atoms with Crippen LogP contribution in [0.1, 0.15) is 51.1 Å². The molecule has 25 heavy (non-hydrogen) atoms. The van der Waals surface area contributed by atoms with Crippen LogP contribution in [0, 0.1) is 5.92 Å². The molecule has 1 atom stereocenters. The third-order valence-electron chi connectivity index (χ3n) is 4.79. The fraction of sp³-hybridized carbons (Fsp3) is 0.684. The van der Waals surface area contributed by atoms with Crippen LogP contribution in [0.2, 0.25) is 0 Å². The molecule has 1 aromatic rings. The van der Waals surface area contributed by atoms with Gasteiger partial charge in [0.2, 0.25) is 10.0 Å². The van der Waals surface area contributed by atoms with Crippen LogP contribution < -0.4 is 9.46 Å². The molecule has 1 aliphatic heterocycles. The minimum atomic E-state index is -3.26. The zero-order valence-corrected chi connectivity index (χ0v) is 16.5. The second kappa shape index (κ2) is 9.55. The van der Waals surface area contributed by atoms with Gasteiger partial charge in [-0.05, 0) is 44.3 Å². The van der Waals surface area contributed by atoms with Gasteiger partial charge in [-0.15, -0.1) is 0 Å². The highest BCUT2D eigenvalue weighted by Crippen LogP contribution is 2.31. The molecule has 0 bridgehead atoms. The van der Waals surface area contributed by atoms with Gasteiger partial charge >= 0.3 is 0 Å². The highest BCUT2D eigenvalue weighted by atomic mass is 32.2. The van der Waals surface area contributed by atoms with E-state index in [0.29, 0.717) is 18.9 Å². The monoisotopic (exact) mass is 368 g/mol. The molecule has 1 unspecified atom stereocenters. The summed E-state index contributed by atoms with van der Waals surface area (Å²) in [5.74, 6) is 1.38. The van der Waals surface area contributed by atoms with Crippen LogP contribution in [0.5, 0.6) is 5.75 Å². The van der Waals surface area contributed by atoms with Crippen LogP contribution in [0.25, 0.3) is 0 Å². The molecule has 0 radical (unpaired) electrons. The summed E-state index contributed by atoms with van der Waals surface area (Å²) in [6.07, 6.45) is 4.24. The van der Waals surface area contributed by atoms with Crippen molar-refractivity contribution >= 4 is 10.0 Å². The molecule has 1 N–H and O–H groups in total. The molecule has 1 aliphatic rings. The zero-order chi connectivity index (χ0) is 18.3. The lowest BCUT2D eigenvalue weighted by Crippen LogP contribution is -2.41. The number of piperidine rings is 1. The van der Waals surface area contributed by atoms with Gasteiger partial charge in [0.15, 0.2) is 0 Å². The molecule has 6 heteroatoms. The molecule has 2 rings (SSSR count). The molecule has 5 nitrogen and oxygen atoms in total. The normalized spacial score (nSPS) is 17.6. The number of sulfonamides is 1. The van der Waals surface area contributed by atoms with Crippen LogP contribution in [0.15, 0.2) is 24.3 Å². The molecule has 1 heterocycles. The highest BCUT2D eigenvalue weighted by Gasteiger charge is 2.26. The quantitative estimate of drug-likeness (QED) is 0.727. The smallest absolute Gasteiger partial charge is 0.211 e. The van der Waals surface area contributed by atoms with Gasteiger partial charge in [0, 0.05) is 12.1 Å². The van der Waals surface area contributed by atoms with Gasteiger partial charge in [0.05, 0.1) is 18.9 Å². The molecule has 142 valence electrons. The second-order valence-corrected chi connectivity index (χ2v) is 9.13. The summed E-state index contributed by atoms with van der Waals surface area (Å²) in [6.45, 7) is 6.47. The minimum Gasteiger partial charge on any atom is -0.496 e. The van der Waals surface area contributed by atoms with E-state index in [0.717, 1.165) is 37.2 Å². The van der Waals surface area contributed by atoms with E-state index in [1.54, 1.807) is 7.11 Å². The van der Waals surface area contributed by atoms with Crippen LogP contribution in [0.4, 0.5) is 0 Å². The summed E-state index contributed by atoms with van der Waals surface area (Å²) in [6, 6.07) is 7.93. The Balaban J connectivity index is 2.15. The van der Waals surface area contributed by atoms with Gasteiger partial charge in [-0.2, -0.15) is 0 Å². The van der Waals surface area contributed by atoms with E-state index < -0.39 is 10.0 Å². The number of hydrogen-bond acceptors (Lipinski definition) is 4. The first-order chi connectivity index (χ1) is 11.9. The number of hydrogen-bond donors (Lipinski definition) is 1. The van der Waals surface area contributed by atoms with Crippen LogP contribution >= 0.6 is 0 Å². The molecule has 0 saturated carbocycles. The number of benzene rings is 1. The number of nitrogens with zero attached hydrogens (tertiary/aromatic N) is 1. The summed E-state index contributed by atoms with van der Waals surface area (Å²) in [7, 11) is -1.59. The maximum absolute atomic E-state index is 12.3. The number of para-hydroxylation sites is 1. The van der Waals surface area contributed by atoms with Crippen molar-refractivity contribution in [2.24, 2.45) is 5.92 Å². The van der Waals surface area contributed by atoms with Crippen molar-refractivity contribution in [1.29, 1.82) is 0 Å². The zero-order valence-electron chi connectivity index (χ0n) is 15.7. The summed E-state index contributed by atoms with van der Waals surface area (Å²) in [4.78, 5) is 2.38. The van der Waals surface area contributed by atoms with E-state index in [1.807, 2.05) is 38.1 Å². The number of methoxy groups -OCH3 is 1. The van der Waals surface area contributed by atoms with Crippen LogP contribution in [-0.4, -0.2) is 45.8 Å². The Labute approximate surface area is 152 Å². The fourth-order valence-corrected chi connectivity index (χ4v) is 4.61. The largest absolute Gasteiger partial charge is 0.496 e. The maximum Gasteiger partial charge on any atom is 0.211 e. The third-order valence-corrected chi connectivity index (χ3v) is 6.17. The van der Waals surface area contributed by atoms with Gasteiger partial charge in [-0.3, -0.25) is 4.90 Å². The summed E-state index contributed by atoms with van der Waals surface area (Å²) in [5, 5.41) is 0. The van der Waals surface area contributed by atoms with Gasteiger partial charge < -0.3 is 4.74 Å². The van der Waals surface area contributed by atoms with E-state index >= 15 is 0 Å². The molecular formula is C19H32N2O3S. The van der Waals surface area contributed by atoms with E-state index in [1.165, 1.54) is 6.42 Å². The fourth-order valence-electron chi connectivity index (χ4n) is 3.28. The highest BCUT2D eigenvalue weighted by molar-refractivity contribution is 7.89. The average molecular weight is 369 g/mol. The summed E-state index contributed by atoms with van der Waals surface area (Å²) >= 11 is 0. The first-order valence-electron chi connectivity index (χ1n) is 9.27. The predicted molar refractivity (Wildman–Crippen MR) is 102 cm³/mol. The topological polar surface area (TPSA) is 58.6 Å². The molecule has 0 aromatic heterocycles. The maximum atomic E-state index is 12.3. The van der Waals surface area contributed by atoms with Crippen LogP contribution in [-0.2, 0) is 10.0 Å².